The smallest absolute Gasteiger partial charge is 0.427 e. The van der Waals surface area contributed by atoms with Gasteiger partial charge in [-0.2, -0.15) is 13.2 Å². The fourth-order valence-corrected chi connectivity index (χ4v) is 6.10. The Morgan fingerprint density at radius 1 is 1.25 bits per heavy atom. The molecular weight excluding hydrogens is 618 g/mol. The maximum atomic E-state index is 14.3. The molecule has 1 aliphatic heterocycles. The van der Waals surface area contributed by atoms with Gasteiger partial charge in [0.15, 0.2) is 4.90 Å². The summed E-state index contributed by atoms with van der Waals surface area (Å²) in [6.45, 7) is 3.96. The number of carbonyl (C=O) groups is 2. The van der Waals surface area contributed by atoms with Gasteiger partial charge in [0, 0.05) is 18.4 Å². The average Bonchev–Trinajstić information content (AvgIpc) is 3.51. The van der Waals surface area contributed by atoms with Crippen molar-refractivity contribution in [2.45, 2.75) is 75.7 Å². The number of hydrogen-bond donors (Lipinski definition) is 3. The Hall–Kier alpha value is -3.80. The molecule has 2 heterocycles. The van der Waals surface area contributed by atoms with Crippen molar-refractivity contribution in [1.82, 2.24) is 15.1 Å². The van der Waals surface area contributed by atoms with Gasteiger partial charge in [-0.1, -0.05) is 0 Å². The Labute approximate surface area is 250 Å². The number of alkyl halides is 4. The van der Waals surface area contributed by atoms with E-state index in [0.29, 0.717) is 13.8 Å². The summed E-state index contributed by atoms with van der Waals surface area (Å²) in [5.74, 6) is -1.63. The zero-order valence-electron chi connectivity index (χ0n) is 24.2. The van der Waals surface area contributed by atoms with Crippen LogP contribution in [0.25, 0.3) is 0 Å². The molecule has 0 saturated heterocycles. The number of nitrogens with one attached hydrogen (secondary N) is 2. The van der Waals surface area contributed by atoms with E-state index < -0.39 is 64.6 Å². The summed E-state index contributed by atoms with van der Waals surface area (Å²) >= 11 is 0. The molecule has 0 bridgehead atoms. The molecular formula is C26H33F4N5O8S. The van der Waals surface area contributed by atoms with Crippen LogP contribution in [0.2, 0.25) is 0 Å². The molecule has 0 radical (unpaired) electrons. The Balaban J connectivity index is 1.71. The fraction of sp³-hybridized carbons (Fsp3) is 0.577. The lowest BCUT2D eigenvalue weighted by Crippen LogP contribution is -2.54. The number of aromatic nitrogens is 2. The summed E-state index contributed by atoms with van der Waals surface area (Å²) in [6, 6.07) is 2.70. The highest BCUT2D eigenvalue weighted by Gasteiger charge is 2.51. The number of carbonyl (C=O) groups excluding carboxylic acids is 2. The predicted molar refractivity (Wildman–Crippen MR) is 147 cm³/mol. The first kappa shape index (κ1) is 33.1. The van der Waals surface area contributed by atoms with E-state index in [9.17, 15) is 40.7 Å². The lowest BCUT2D eigenvalue weighted by atomic mass is 10.1. The maximum absolute atomic E-state index is 14.3. The quantitative estimate of drug-likeness (QED) is 0.310. The van der Waals surface area contributed by atoms with Crippen molar-refractivity contribution in [2.24, 2.45) is 5.92 Å². The van der Waals surface area contributed by atoms with E-state index >= 15 is 0 Å². The van der Waals surface area contributed by atoms with Crippen LogP contribution in [0.1, 0.15) is 34.1 Å². The minimum Gasteiger partial charge on any atom is -0.484 e. The molecule has 1 aliphatic carbocycles. The zero-order valence-corrected chi connectivity index (χ0v) is 25.0. The van der Waals surface area contributed by atoms with Crippen LogP contribution >= 0.6 is 0 Å². The van der Waals surface area contributed by atoms with Crippen molar-refractivity contribution in [2.75, 3.05) is 29.4 Å². The van der Waals surface area contributed by atoms with Crippen LogP contribution in [0.15, 0.2) is 29.3 Å². The summed E-state index contributed by atoms with van der Waals surface area (Å²) < 4.78 is 99.8. The molecule has 2 amide bonds. The normalized spacial score (nSPS) is 21.6. The van der Waals surface area contributed by atoms with Crippen LogP contribution in [-0.2, 0) is 26.1 Å². The molecule has 4 rings (SSSR count). The number of fused-ring (bicyclic) bond motifs is 1. The lowest BCUT2D eigenvalue weighted by Gasteiger charge is -2.41. The van der Waals surface area contributed by atoms with Gasteiger partial charge in [-0.15, -0.1) is 5.10 Å². The largest absolute Gasteiger partial charge is 0.484 e. The number of aryl methyl sites for hydroxylation is 1. The van der Waals surface area contributed by atoms with Crippen molar-refractivity contribution >= 4 is 33.4 Å². The molecule has 44 heavy (non-hydrogen) atoms. The second-order valence-corrected chi connectivity index (χ2v) is 12.5. The molecule has 1 fully saturated rings. The molecule has 18 heteroatoms. The highest BCUT2D eigenvalue weighted by atomic mass is 32.2. The number of sulfonamides is 1. The molecule has 13 nitrogen and oxygen atoms in total. The first-order valence-electron chi connectivity index (χ1n) is 13.6. The monoisotopic (exact) mass is 651 g/mol. The number of halogens is 4. The summed E-state index contributed by atoms with van der Waals surface area (Å²) in [6.07, 6.45) is -7.20. The number of nitrogens with zero attached hydrogens (tertiary/aromatic N) is 3. The Kier molecular flexibility index (Phi) is 9.25. The lowest BCUT2D eigenvalue weighted by molar-refractivity contribution is -0.242. The van der Waals surface area contributed by atoms with Crippen molar-refractivity contribution in [3.05, 3.63) is 24.4 Å². The molecule has 4 atom stereocenters. The van der Waals surface area contributed by atoms with Gasteiger partial charge in [-0.05, 0) is 52.3 Å². The predicted octanol–water partition coefficient (Wildman–Crippen LogP) is 2.98. The number of anilines is 2. The first-order valence-corrected chi connectivity index (χ1v) is 15.1. The van der Waals surface area contributed by atoms with Gasteiger partial charge in [0.1, 0.15) is 24.6 Å². The molecule has 244 valence electrons. The summed E-state index contributed by atoms with van der Waals surface area (Å²) in [5.41, 5.74) is -3.03. The third-order valence-electron chi connectivity index (χ3n) is 7.07. The second kappa shape index (κ2) is 12.3. The van der Waals surface area contributed by atoms with Crippen molar-refractivity contribution < 1.29 is 54.9 Å². The number of amides is 2. The van der Waals surface area contributed by atoms with Crippen molar-refractivity contribution in [3.8, 4) is 11.6 Å². The van der Waals surface area contributed by atoms with E-state index in [1.165, 1.54) is 36.0 Å². The van der Waals surface area contributed by atoms with Gasteiger partial charge >= 0.3 is 12.3 Å². The van der Waals surface area contributed by atoms with E-state index in [2.05, 4.69) is 20.5 Å². The van der Waals surface area contributed by atoms with Crippen LogP contribution in [0.3, 0.4) is 0 Å². The topological polar surface area (TPSA) is 161 Å². The summed E-state index contributed by atoms with van der Waals surface area (Å²) in [5, 5.41) is 18.1. The number of aliphatic hydroxyl groups excluding tert-OH is 1. The van der Waals surface area contributed by atoms with E-state index in [4.69, 9.17) is 9.47 Å². The van der Waals surface area contributed by atoms with Gasteiger partial charge in [0.25, 0.3) is 15.9 Å². The molecule has 1 saturated carbocycles. The van der Waals surface area contributed by atoms with E-state index in [0.717, 1.165) is 4.31 Å². The molecule has 0 spiro atoms. The molecule has 3 N–H and O–H groups in total. The van der Waals surface area contributed by atoms with Crippen molar-refractivity contribution in [3.63, 3.8) is 0 Å². The Morgan fingerprint density at radius 2 is 1.93 bits per heavy atom. The van der Waals surface area contributed by atoms with Crippen LogP contribution in [0, 0.1) is 5.92 Å². The van der Waals surface area contributed by atoms with Gasteiger partial charge in [0.05, 0.1) is 30.8 Å². The molecule has 2 aliphatic rings. The number of ether oxygens (including phenoxy) is 3. The summed E-state index contributed by atoms with van der Waals surface area (Å²) in [4.78, 5) is 24.3. The van der Waals surface area contributed by atoms with E-state index in [1.807, 2.05) is 0 Å². The second-order valence-electron chi connectivity index (χ2n) is 10.7. The number of hydrogen-bond acceptors (Lipinski definition) is 9. The Bertz CT molecular complexity index is 1500. The third-order valence-corrected chi connectivity index (χ3v) is 8.96. The van der Waals surface area contributed by atoms with Crippen molar-refractivity contribution in [1.29, 1.82) is 0 Å². The van der Waals surface area contributed by atoms with Gasteiger partial charge in [-0.3, -0.25) is 19.1 Å². The number of benzene rings is 1. The van der Waals surface area contributed by atoms with E-state index in [1.54, 1.807) is 6.92 Å². The number of aliphatic hydroxyl groups is 1. The molecule has 1 aromatic heterocycles. The van der Waals surface area contributed by atoms with Crippen LogP contribution in [0.4, 0.5) is 33.7 Å². The molecule has 2 aromatic rings. The van der Waals surface area contributed by atoms with Crippen LogP contribution in [0.5, 0.6) is 11.6 Å². The minimum absolute atomic E-state index is 0.00374. The SMILES string of the molecule is CCn1cc(S(=O)(=O)N2c3cc(NC(=O)OC(C)(C)C(F)(F)F)ccc3O[C@@H](CNC(=O)[C@H]3C[C@H]3F)[C@H]2C)c(OCCO)n1. The highest BCUT2D eigenvalue weighted by Crippen LogP contribution is 2.43. The zero-order chi connectivity index (χ0) is 32.6. The third kappa shape index (κ3) is 6.80. The molecule has 0 unspecified atom stereocenters. The summed E-state index contributed by atoms with van der Waals surface area (Å²) in [7, 11) is -4.55. The van der Waals surface area contributed by atoms with Gasteiger partial charge in [0.2, 0.25) is 11.5 Å². The van der Waals surface area contributed by atoms with Crippen LogP contribution in [-0.4, -0.2) is 85.2 Å². The fourth-order valence-electron chi connectivity index (χ4n) is 4.33. The minimum atomic E-state index is -4.86. The number of rotatable bonds is 11. The average molecular weight is 652 g/mol. The van der Waals surface area contributed by atoms with Crippen LogP contribution < -0.4 is 24.4 Å². The standard InChI is InChI=1S/C26H33F4N5O8S/c1-5-34-13-21(23(33-34)41-9-8-36)44(39,40)35-14(2)20(12-31-22(37)16-11-17(16)27)42-19-7-6-15(10-18(19)35)32-24(38)43-25(3,4)26(28,29)30/h6-7,10,13-14,16-17,20,36H,5,8-9,11-12H2,1-4H3,(H,31,37)(H,32,38)/t14-,16+,17-,20+/m1/s1. The maximum Gasteiger partial charge on any atom is 0.427 e. The van der Waals surface area contributed by atoms with E-state index in [-0.39, 0.29) is 54.0 Å². The highest BCUT2D eigenvalue weighted by molar-refractivity contribution is 7.93. The Morgan fingerprint density at radius 3 is 2.52 bits per heavy atom. The first-order chi connectivity index (χ1) is 20.5. The van der Waals surface area contributed by atoms with Gasteiger partial charge < -0.3 is 24.6 Å². The molecule has 1 aromatic carbocycles. The van der Waals surface area contributed by atoms with Gasteiger partial charge in [-0.25, -0.2) is 17.6 Å².